The van der Waals surface area contributed by atoms with E-state index in [9.17, 15) is 0 Å². The lowest BCUT2D eigenvalue weighted by molar-refractivity contribution is 0.105. The maximum absolute atomic E-state index is 5.59. The second kappa shape index (κ2) is 16.0. The van der Waals surface area contributed by atoms with Crippen molar-refractivity contribution < 1.29 is 9.15 Å². The van der Waals surface area contributed by atoms with Gasteiger partial charge in [0.25, 0.3) is 0 Å². The summed E-state index contributed by atoms with van der Waals surface area (Å²) < 4.78 is 10.8. The molecule has 2 heterocycles. The normalized spacial score (nSPS) is 16.0. The molecule has 162 valence electrons. The molecule has 1 aromatic heterocycles. The summed E-state index contributed by atoms with van der Waals surface area (Å²) in [5.74, 6) is 2.69. The van der Waals surface area contributed by atoms with Gasteiger partial charge in [-0.1, -0.05) is 6.92 Å². The fourth-order valence-corrected chi connectivity index (χ4v) is 3.22. The molecule has 0 aliphatic carbocycles. The number of guanidine groups is 1. The Labute approximate surface area is 187 Å². The Hall–Kier alpha value is -0.800. The van der Waals surface area contributed by atoms with E-state index < -0.39 is 0 Å². The number of furan rings is 1. The lowest BCUT2D eigenvalue weighted by atomic mass is 9.99. The van der Waals surface area contributed by atoms with Gasteiger partial charge in [-0.3, -0.25) is 4.99 Å². The maximum Gasteiger partial charge on any atom is 0.191 e. The van der Waals surface area contributed by atoms with Gasteiger partial charge >= 0.3 is 0 Å². The van der Waals surface area contributed by atoms with E-state index in [1.807, 2.05) is 12.1 Å². The topological polar surface area (TPSA) is 62.0 Å². The van der Waals surface area contributed by atoms with Crippen LogP contribution in [0.3, 0.4) is 0 Å². The van der Waals surface area contributed by atoms with E-state index in [1.54, 1.807) is 6.26 Å². The predicted octanol–water partition coefficient (Wildman–Crippen LogP) is 3.87. The summed E-state index contributed by atoms with van der Waals surface area (Å²) in [5.41, 5.74) is 0. The molecule has 0 unspecified atom stereocenters. The molecule has 0 aromatic carbocycles. The van der Waals surface area contributed by atoms with E-state index in [2.05, 4.69) is 34.4 Å². The van der Waals surface area contributed by atoms with Crippen LogP contribution in [-0.2, 0) is 11.3 Å². The molecule has 0 amide bonds. The summed E-state index contributed by atoms with van der Waals surface area (Å²) >= 11 is 0. The van der Waals surface area contributed by atoms with Crippen LogP contribution in [0.15, 0.2) is 27.8 Å². The molecule has 28 heavy (non-hydrogen) atoms. The molecule has 6 nitrogen and oxygen atoms in total. The average Bonchev–Trinajstić information content (AvgIpc) is 3.19. The number of aliphatic imine (C=N–C) groups is 1. The smallest absolute Gasteiger partial charge is 0.191 e. The van der Waals surface area contributed by atoms with Crippen LogP contribution < -0.4 is 10.6 Å². The van der Waals surface area contributed by atoms with Crippen LogP contribution in [0, 0.1) is 5.92 Å². The third-order valence-electron chi connectivity index (χ3n) is 4.96. The zero-order chi connectivity index (χ0) is 19.2. The van der Waals surface area contributed by atoms with Crippen molar-refractivity contribution in [1.29, 1.82) is 0 Å². The van der Waals surface area contributed by atoms with Gasteiger partial charge in [-0.25, -0.2) is 0 Å². The molecule has 2 N–H and O–H groups in total. The van der Waals surface area contributed by atoms with Gasteiger partial charge in [-0.2, -0.15) is 0 Å². The van der Waals surface area contributed by atoms with Gasteiger partial charge in [0.2, 0.25) is 0 Å². The zero-order valence-corrected chi connectivity index (χ0v) is 20.0. The second-order valence-corrected chi connectivity index (χ2v) is 7.40. The van der Waals surface area contributed by atoms with Crippen molar-refractivity contribution in [1.82, 2.24) is 15.5 Å². The first kappa shape index (κ1) is 25.2. The highest BCUT2D eigenvalue weighted by molar-refractivity contribution is 14.0. The van der Waals surface area contributed by atoms with Gasteiger partial charge in [-0.05, 0) is 76.7 Å². The van der Waals surface area contributed by atoms with Crippen molar-refractivity contribution in [2.24, 2.45) is 10.9 Å². The van der Waals surface area contributed by atoms with Crippen LogP contribution in [0.1, 0.15) is 51.7 Å². The van der Waals surface area contributed by atoms with Crippen molar-refractivity contribution in [2.75, 3.05) is 45.9 Å². The van der Waals surface area contributed by atoms with Crippen LogP contribution in [0.5, 0.6) is 0 Å². The molecule has 2 rings (SSSR count). The minimum atomic E-state index is 0. The number of rotatable bonds is 12. The standard InChI is InChI=1S/C21H38N4O2.HI/c1-3-22-21(24-12-7-16-26-18-20-8-6-17-27-20)23-11-4-5-13-25-14-9-19(2)10-15-25;/h6,8,17,19H,3-5,7,9-16,18H2,1-2H3,(H2,22,23,24);1H. The van der Waals surface area contributed by atoms with Gasteiger partial charge in [0.1, 0.15) is 12.4 Å². The molecule has 1 aromatic rings. The SMILES string of the molecule is CCNC(=NCCCOCc1ccco1)NCCCCN1CCC(C)CC1.I. The second-order valence-electron chi connectivity index (χ2n) is 7.40. The highest BCUT2D eigenvalue weighted by Crippen LogP contribution is 2.16. The van der Waals surface area contributed by atoms with Gasteiger partial charge in [0.15, 0.2) is 5.96 Å². The number of piperidine rings is 1. The number of hydrogen-bond acceptors (Lipinski definition) is 4. The van der Waals surface area contributed by atoms with Crippen LogP contribution >= 0.6 is 24.0 Å². The molecule has 7 heteroatoms. The lowest BCUT2D eigenvalue weighted by Gasteiger charge is -2.30. The third kappa shape index (κ3) is 11.3. The maximum atomic E-state index is 5.59. The molecule has 0 atom stereocenters. The Morgan fingerprint density at radius 1 is 1.25 bits per heavy atom. The Morgan fingerprint density at radius 2 is 2.07 bits per heavy atom. The van der Waals surface area contributed by atoms with Crippen molar-refractivity contribution in [3.8, 4) is 0 Å². The number of ether oxygens (including phenoxy) is 1. The number of nitrogens with one attached hydrogen (secondary N) is 2. The quantitative estimate of drug-likeness (QED) is 0.195. The summed E-state index contributed by atoms with van der Waals surface area (Å²) in [6.07, 6.45) is 7.74. The first-order valence-corrected chi connectivity index (χ1v) is 10.6. The van der Waals surface area contributed by atoms with Gasteiger partial charge in [0, 0.05) is 26.2 Å². The summed E-state index contributed by atoms with van der Waals surface area (Å²) in [7, 11) is 0. The molecular weight excluding hydrogens is 467 g/mol. The molecule has 0 radical (unpaired) electrons. The largest absolute Gasteiger partial charge is 0.467 e. The van der Waals surface area contributed by atoms with Crippen molar-refractivity contribution in [2.45, 2.75) is 52.6 Å². The summed E-state index contributed by atoms with van der Waals surface area (Å²) in [6, 6.07) is 3.81. The molecule has 1 aliphatic heterocycles. The van der Waals surface area contributed by atoms with E-state index in [1.165, 1.54) is 45.3 Å². The lowest BCUT2D eigenvalue weighted by Crippen LogP contribution is -2.38. The molecule has 1 fully saturated rings. The summed E-state index contributed by atoms with van der Waals surface area (Å²) in [6.45, 7) is 12.1. The zero-order valence-electron chi connectivity index (χ0n) is 17.6. The highest BCUT2D eigenvalue weighted by atomic mass is 127. The Balaban J connectivity index is 0.00000392. The van der Waals surface area contributed by atoms with Crippen LogP contribution in [-0.4, -0.2) is 56.7 Å². The van der Waals surface area contributed by atoms with Gasteiger partial charge in [-0.15, -0.1) is 24.0 Å². The fraction of sp³-hybridized carbons (Fsp3) is 0.762. The first-order valence-electron chi connectivity index (χ1n) is 10.6. The van der Waals surface area contributed by atoms with Crippen LogP contribution in [0.2, 0.25) is 0 Å². The molecule has 0 spiro atoms. The van der Waals surface area contributed by atoms with E-state index in [0.29, 0.717) is 13.2 Å². The van der Waals surface area contributed by atoms with Crippen molar-refractivity contribution >= 4 is 29.9 Å². The monoisotopic (exact) mass is 506 g/mol. The van der Waals surface area contributed by atoms with E-state index in [0.717, 1.165) is 43.7 Å². The van der Waals surface area contributed by atoms with Gasteiger partial charge < -0.3 is 24.7 Å². The highest BCUT2D eigenvalue weighted by Gasteiger charge is 2.14. The predicted molar refractivity (Wildman–Crippen MR) is 126 cm³/mol. The number of nitrogens with zero attached hydrogens (tertiary/aromatic N) is 2. The molecular formula is C21H39IN4O2. The molecule has 0 saturated carbocycles. The van der Waals surface area contributed by atoms with Crippen LogP contribution in [0.25, 0.3) is 0 Å². The van der Waals surface area contributed by atoms with Gasteiger partial charge in [0.05, 0.1) is 6.26 Å². The fourth-order valence-electron chi connectivity index (χ4n) is 3.22. The van der Waals surface area contributed by atoms with E-state index in [-0.39, 0.29) is 24.0 Å². The first-order chi connectivity index (χ1) is 13.3. The Kier molecular flexibility index (Phi) is 14.5. The van der Waals surface area contributed by atoms with E-state index >= 15 is 0 Å². The van der Waals surface area contributed by atoms with Crippen LogP contribution in [0.4, 0.5) is 0 Å². The molecule has 1 aliphatic rings. The number of hydrogen-bond donors (Lipinski definition) is 2. The van der Waals surface area contributed by atoms with Crippen molar-refractivity contribution in [3.63, 3.8) is 0 Å². The number of unbranched alkanes of at least 4 members (excludes halogenated alkanes) is 1. The minimum absolute atomic E-state index is 0. The summed E-state index contributed by atoms with van der Waals surface area (Å²) in [5, 5.41) is 6.76. The van der Waals surface area contributed by atoms with Crippen molar-refractivity contribution in [3.05, 3.63) is 24.2 Å². The third-order valence-corrected chi connectivity index (χ3v) is 4.96. The minimum Gasteiger partial charge on any atom is -0.467 e. The molecule has 0 bridgehead atoms. The molecule has 1 saturated heterocycles. The Bertz CT molecular complexity index is 503. The number of halogens is 1. The average molecular weight is 506 g/mol. The summed E-state index contributed by atoms with van der Waals surface area (Å²) in [4.78, 5) is 7.24. The Morgan fingerprint density at radius 3 is 2.79 bits per heavy atom. The van der Waals surface area contributed by atoms with E-state index in [4.69, 9.17) is 9.15 Å². The number of likely N-dealkylation sites (tertiary alicyclic amines) is 1.